The molecule has 1 aliphatic heterocycles. The van der Waals surface area contributed by atoms with Gasteiger partial charge in [0.1, 0.15) is 0 Å². The molecule has 0 aromatic carbocycles. The van der Waals surface area contributed by atoms with E-state index in [1.54, 1.807) is 0 Å². The molecule has 64 valence electrons. The Labute approximate surface area is 73.4 Å². The third-order valence-electron chi connectivity index (χ3n) is 2.09. The summed E-state index contributed by atoms with van der Waals surface area (Å²) in [7, 11) is 0. The van der Waals surface area contributed by atoms with Crippen molar-refractivity contribution in [2.75, 3.05) is 13.1 Å². The van der Waals surface area contributed by atoms with Gasteiger partial charge < -0.3 is 4.90 Å². The molecule has 1 amide bonds. The van der Waals surface area contributed by atoms with E-state index in [0.717, 1.165) is 19.5 Å². The van der Waals surface area contributed by atoms with E-state index in [-0.39, 0.29) is 11.2 Å². The maximum atomic E-state index is 11.3. The van der Waals surface area contributed by atoms with Gasteiger partial charge in [0, 0.05) is 13.1 Å². The van der Waals surface area contributed by atoms with Gasteiger partial charge >= 0.3 is 0 Å². The van der Waals surface area contributed by atoms with Gasteiger partial charge in [-0.25, -0.2) is 0 Å². The van der Waals surface area contributed by atoms with Crippen molar-refractivity contribution < 1.29 is 4.79 Å². The van der Waals surface area contributed by atoms with Crippen molar-refractivity contribution in [3.8, 4) is 0 Å². The Bertz CT molecular complexity index is 158. The lowest BCUT2D eigenvalue weighted by atomic mass is 10.2. The van der Waals surface area contributed by atoms with Crippen LogP contribution in [0.1, 0.15) is 20.3 Å². The van der Waals surface area contributed by atoms with Crippen molar-refractivity contribution in [1.82, 2.24) is 4.90 Å². The normalized spacial score (nSPS) is 27.2. The zero-order valence-electron chi connectivity index (χ0n) is 7.08. The number of carbonyl (C=O) groups excluding carboxylic acids is 1. The van der Waals surface area contributed by atoms with Crippen LogP contribution < -0.4 is 0 Å². The first kappa shape index (κ1) is 8.91. The Balaban J connectivity index is 2.43. The van der Waals surface area contributed by atoms with Crippen LogP contribution in [0.3, 0.4) is 0 Å². The molecular weight excluding hydrogens is 158 g/mol. The fraction of sp³-hybridized carbons (Fsp3) is 0.875. The highest BCUT2D eigenvalue weighted by molar-refractivity contribution is 7.81. The largest absolute Gasteiger partial charge is 0.341 e. The molecule has 0 N–H and O–H groups in total. The Morgan fingerprint density at radius 2 is 2.36 bits per heavy atom. The summed E-state index contributed by atoms with van der Waals surface area (Å²) < 4.78 is 0. The minimum atomic E-state index is -0.139. The minimum Gasteiger partial charge on any atom is -0.341 e. The standard InChI is InChI=1S/C8H15NOS/c1-6-3-4-9(5-6)8(10)7(2)11/h6-7,11H,3-5H2,1-2H3. The van der Waals surface area contributed by atoms with E-state index in [9.17, 15) is 4.79 Å². The second-order valence-corrected chi connectivity index (χ2v) is 4.13. The Morgan fingerprint density at radius 1 is 1.73 bits per heavy atom. The molecule has 1 saturated heterocycles. The van der Waals surface area contributed by atoms with Gasteiger partial charge in [0.2, 0.25) is 5.91 Å². The summed E-state index contributed by atoms with van der Waals surface area (Å²) in [6.07, 6.45) is 1.15. The number of hydrogen-bond donors (Lipinski definition) is 1. The molecule has 3 heteroatoms. The van der Waals surface area contributed by atoms with Crippen molar-refractivity contribution in [3.05, 3.63) is 0 Å². The van der Waals surface area contributed by atoms with Crippen LogP contribution >= 0.6 is 12.6 Å². The van der Waals surface area contributed by atoms with Crippen LogP contribution in [-0.2, 0) is 4.79 Å². The predicted octanol–water partition coefficient (Wildman–Crippen LogP) is 1.17. The summed E-state index contributed by atoms with van der Waals surface area (Å²) in [5.41, 5.74) is 0. The third-order valence-corrected chi connectivity index (χ3v) is 2.31. The number of hydrogen-bond acceptors (Lipinski definition) is 2. The zero-order valence-corrected chi connectivity index (χ0v) is 7.97. The highest BCUT2D eigenvalue weighted by Gasteiger charge is 2.24. The van der Waals surface area contributed by atoms with E-state index in [0.29, 0.717) is 5.92 Å². The minimum absolute atomic E-state index is 0.139. The quantitative estimate of drug-likeness (QED) is 0.590. The van der Waals surface area contributed by atoms with Crippen LogP contribution in [0.5, 0.6) is 0 Å². The molecule has 2 atom stereocenters. The average molecular weight is 173 g/mol. The maximum absolute atomic E-state index is 11.3. The molecule has 0 aromatic heterocycles. The molecule has 0 spiro atoms. The van der Waals surface area contributed by atoms with Gasteiger partial charge in [-0.3, -0.25) is 4.79 Å². The first-order valence-corrected chi connectivity index (χ1v) is 4.59. The molecule has 0 saturated carbocycles. The second kappa shape index (κ2) is 3.48. The highest BCUT2D eigenvalue weighted by Crippen LogP contribution is 2.16. The molecule has 1 rings (SSSR count). The molecule has 0 radical (unpaired) electrons. The van der Waals surface area contributed by atoms with Gasteiger partial charge in [-0.1, -0.05) is 6.92 Å². The summed E-state index contributed by atoms with van der Waals surface area (Å²) in [6.45, 7) is 5.85. The fourth-order valence-electron chi connectivity index (χ4n) is 1.40. The fourth-order valence-corrected chi connectivity index (χ4v) is 1.56. The summed E-state index contributed by atoms with van der Waals surface area (Å²) in [6, 6.07) is 0. The number of rotatable bonds is 1. The Morgan fingerprint density at radius 3 is 2.73 bits per heavy atom. The summed E-state index contributed by atoms with van der Waals surface area (Å²) in [4.78, 5) is 13.2. The smallest absolute Gasteiger partial charge is 0.235 e. The van der Waals surface area contributed by atoms with Gasteiger partial charge in [-0.15, -0.1) is 0 Å². The van der Waals surface area contributed by atoms with E-state index in [1.807, 2.05) is 11.8 Å². The molecule has 0 bridgehead atoms. The lowest BCUT2D eigenvalue weighted by molar-refractivity contribution is -0.129. The second-order valence-electron chi connectivity index (χ2n) is 3.35. The van der Waals surface area contributed by atoms with E-state index in [2.05, 4.69) is 19.6 Å². The van der Waals surface area contributed by atoms with Crippen molar-refractivity contribution in [2.24, 2.45) is 5.92 Å². The molecule has 0 aliphatic carbocycles. The molecule has 1 heterocycles. The van der Waals surface area contributed by atoms with Crippen LogP contribution in [0, 0.1) is 5.92 Å². The molecule has 1 fully saturated rings. The van der Waals surface area contributed by atoms with Gasteiger partial charge in [0.05, 0.1) is 5.25 Å². The molecule has 2 nitrogen and oxygen atoms in total. The van der Waals surface area contributed by atoms with Gasteiger partial charge in [0.25, 0.3) is 0 Å². The van der Waals surface area contributed by atoms with Crippen LogP contribution in [0.2, 0.25) is 0 Å². The van der Waals surface area contributed by atoms with Crippen LogP contribution in [-0.4, -0.2) is 29.1 Å². The van der Waals surface area contributed by atoms with Crippen molar-refractivity contribution >= 4 is 18.5 Å². The van der Waals surface area contributed by atoms with Crippen molar-refractivity contribution in [1.29, 1.82) is 0 Å². The van der Waals surface area contributed by atoms with Gasteiger partial charge in [-0.05, 0) is 19.3 Å². The first-order chi connectivity index (χ1) is 5.11. The maximum Gasteiger partial charge on any atom is 0.235 e. The van der Waals surface area contributed by atoms with Crippen molar-refractivity contribution in [3.63, 3.8) is 0 Å². The third kappa shape index (κ3) is 2.12. The molecule has 0 aromatic rings. The molecular formula is C8H15NOS. The molecule has 11 heavy (non-hydrogen) atoms. The number of amides is 1. The molecule has 2 unspecified atom stereocenters. The van der Waals surface area contributed by atoms with Crippen molar-refractivity contribution in [2.45, 2.75) is 25.5 Å². The van der Waals surface area contributed by atoms with E-state index in [1.165, 1.54) is 0 Å². The number of nitrogens with zero attached hydrogens (tertiary/aromatic N) is 1. The zero-order chi connectivity index (χ0) is 8.43. The summed E-state index contributed by atoms with van der Waals surface area (Å²) >= 11 is 4.11. The Kier molecular flexibility index (Phi) is 2.82. The molecule has 1 aliphatic rings. The summed E-state index contributed by atoms with van der Waals surface area (Å²) in [5, 5.41) is -0.139. The highest BCUT2D eigenvalue weighted by atomic mass is 32.1. The van der Waals surface area contributed by atoms with E-state index in [4.69, 9.17) is 0 Å². The van der Waals surface area contributed by atoms with Crippen LogP contribution in [0.4, 0.5) is 0 Å². The lowest BCUT2D eigenvalue weighted by Gasteiger charge is -2.17. The monoisotopic (exact) mass is 173 g/mol. The predicted molar refractivity (Wildman–Crippen MR) is 48.8 cm³/mol. The van der Waals surface area contributed by atoms with Gasteiger partial charge in [0.15, 0.2) is 0 Å². The topological polar surface area (TPSA) is 20.3 Å². The first-order valence-electron chi connectivity index (χ1n) is 4.08. The summed E-state index contributed by atoms with van der Waals surface area (Å²) in [5.74, 6) is 0.851. The Hall–Kier alpha value is -0.180. The van der Waals surface area contributed by atoms with Crippen LogP contribution in [0.15, 0.2) is 0 Å². The van der Waals surface area contributed by atoms with Gasteiger partial charge in [-0.2, -0.15) is 12.6 Å². The number of carbonyl (C=O) groups is 1. The SMILES string of the molecule is CC1CCN(C(=O)C(C)S)C1. The average Bonchev–Trinajstić information content (AvgIpc) is 2.34. The van der Waals surface area contributed by atoms with E-state index >= 15 is 0 Å². The number of likely N-dealkylation sites (tertiary alicyclic amines) is 1. The lowest BCUT2D eigenvalue weighted by Crippen LogP contribution is -2.33. The number of thiol groups is 1. The van der Waals surface area contributed by atoms with E-state index < -0.39 is 0 Å². The van der Waals surface area contributed by atoms with Crippen LogP contribution in [0.25, 0.3) is 0 Å².